The van der Waals surface area contributed by atoms with Gasteiger partial charge in [-0.3, -0.25) is 9.59 Å². The molecule has 3 rings (SSSR count). The number of hydrogen-bond donors (Lipinski definition) is 1. The molecule has 0 radical (unpaired) electrons. The molecule has 2 aromatic heterocycles. The third-order valence-corrected chi connectivity index (χ3v) is 4.47. The number of rotatable bonds is 4. The van der Waals surface area contributed by atoms with Crippen molar-refractivity contribution in [3.8, 4) is 0 Å². The molecule has 0 atom stereocenters. The van der Waals surface area contributed by atoms with E-state index in [1.54, 1.807) is 19.2 Å². The van der Waals surface area contributed by atoms with Gasteiger partial charge in [0.25, 0.3) is 0 Å². The topological polar surface area (TPSA) is 66.1 Å². The second-order valence-electron chi connectivity index (χ2n) is 6.16. The van der Waals surface area contributed by atoms with Crippen LogP contribution in [0.2, 0.25) is 0 Å². The van der Waals surface area contributed by atoms with Crippen molar-refractivity contribution >= 4 is 11.6 Å². The van der Waals surface area contributed by atoms with Crippen molar-refractivity contribution in [3.63, 3.8) is 0 Å². The van der Waals surface area contributed by atoms with Crippen molar-refractivity contribution in [3.05, 3.63) is 58.1 Å². The second kappa shape index (κ2) is 6.77. The Hall–Kier alpha value is -2.43. The van der Waals surface area contributed by atoms with Crippen LogP contribution < -0.4 is 10.5 Å². The molecule has 0 bridgehead atoms. The van der Waals surface area contributed by atoms with Crippen LogP contribution in [0.5, 0.6) is 0 Å². The number of nitrogens with zero attached hydrogens (tertiary/aromatic N) is 2. The van der Waals surface area contributed by atoms with E-state index in [9.17, 15) is 9.59 Å². The molecule has 1 N–H and O–H groups in total. The van der Waals surface area contributed by atoms with E-state index >= 15 is 0 Å². The highest BCUT2D eigenvalue weighted by Gasteiger charge is 2.20. The number of carbonyl (C=O) groups excluding carboxylic acids is 1. The predicted octanol–water partition coefficient (Wildman–Crippen LogP) is 2.43. The summed E-state index contributed by atoms with van der Waals surface area (Å²) in [6.45, 7) is 3.50. The Morgan fingerprint density at radius 1 is 1.26 bits per heavy atom. The van der Waals surface area contributed by atoms with E-state index in [-0.39, 0.29) is 11.3 Å². The predicted molar refractivity (Wildman–Crippen MR) is 89.9 cm³/mol. The largest absolute Gasteiger partial charge is 0.357 e. The van der Waals surface area contributed by atoms with Gasteiger partial charge in [0.2, 0.25) is 5.56 Å². The summed E-state index contributed by atoms with van der Waals surface area (Å²) in [6, 6.07) is 7.27. The average molecular weight is 311 g/mol. The van der Waals surface area contributed by atoms with Gasteiger partial charge in [0, 0.05) is 37.1 Å². The number of Topliss-reactive ketones (excluding diaryl/α,β-unsaturated/α-hetero) is 1. The maximum atomic E-state index is 11.3. The minimum atomic E-state index is -0.0522. The number of piperidine rings is 1. The van der Waals surface area contributed by atoms with Gasteiger partial charge in [-0.25, -0.2) is 4.98 Å². The van der Waals surface area contributed by atoms with Crippen LogP contribution in [-0.4, -0.2) is 28.8 Å². The molecule has 0 aliphatic carbocycles. The van der Waals surface area contributed by atoms with Crippen LogP contribution in [-0.2, 0) is 6.42 Å². The van der Waals surface area contributed by atoms with Crippen LogP contribution in [0.15, 0.2) is 41.5 Å². The molecular formula is C18H21N3O2. The fourth-order valence-corrected chi connectivity index (χ4v) is 3.05. The highest BCUT2D eigenvalue weighted by atomic mass is 16.1. The van der Waals surface area contributed by atoms with Gasteiger partial charge in [0.1, 0.15) is 5.82 Å². The Morgan fingerprint density at radius 2 is 2.04 bits per heavy atom. The molecule has 0 spiro atoms. The van der Waals surface area contributed by atoms with Crippen LogP contribution in [0.1, 0.15) is 35.7 Å². The van der Waals surface area contributed by atoms with E-state index < -0.39 is 0 Å². The van der Waals surface area contributed by atoms with Crippen molar-refractivity contribution in [1.82, 2.24) is 9.97 Å². The molecule has 120 valence electrons. The van der Waals surface area contributed by atoms with Crippen LogP contribution in [0.25, 0.3) is 0 Å². The van der Waals surface area contributed by atoms with Gasteiger partial charge in [-0.1, -0.05) is 6.07 Å². The zero-order valence-electron chi connectivity index (χ0n) is 13.3. The van der Waals surface area contributed by atoms with E-state index in [1.807, 2.05) is 24.4 Å². The van der Waals surface area contributed by atoms with Crippen molar-refractivity contribution in [1.29, 1.82) is 0 Å². The van der Waals surface area contributed by atoms with Crippen molar-refractivity contribution in [2.75, 3.05) is 18.0 Å². The monoisotopic (exact) mass is 311 g/mol. The number of pyridine rings is 2. The summed E-state index contributed by atoms with van der Waals surface area (Å²) >= 11 is 0. The minimum Gasteiger partial charge on any atom is -0.357 e. The maximum absolute atomic E-state index is 11.3. The third kappa shape index (κ3) is 3.86. The summed E-state index contributed by atoms with van der Waals surface area (Å²) in [7, 11) is 0. The molecule has 23 heavy (non-hydrogen) atoms. The molecule has 1 aliphatic rings. The first-order valence-corrected chi connectivity index (χ1v) is 8.01. The van der Waals surface area contributed by atoms with Gasteiger partial charge in [-0.05, 0) is 49.8 Å². The van der Waals surface area contributed by atoms with Gasteiger partial charge in [0.15, 0.2) is 5.78 Å². The summed E-state index contributed by atoms with van der Waals surface area (Å²) in [5.41, 5.74) is 1.79. The quantitative estimate of drug-likeness (QED) is 0.881. The molecule has 0 saturated carbocycles. The normalized spacial score (nSPS) is 15.6. The Bertz CT molecular complexity index is 708. The molecule has 1 aliphatic heterocycles. The van der Waals surface area contributed by atoms with Crippen LogP contribution in [0.3, 0.4) is 0 Å². The second-order valence-corrected chi connectivity index (χ2v) is 6.16. The lowest BCUT2D eigenvalue weighted by atomic mass is 9.91. The van der Waals surface area contributed by atoms with Crippen LogP contribution in [0.4, 0.5) is 5.82 Å². The summed E-state index contributed by atoms with van der Waals surface area (Å²) in [4.78, 5) is 31.8. The van der Waals surface area contributed by atoms with E-state index in [0.29, 0.717) is 11.5 Å². The molecule has 0 aromatic carbocycles. The van der Waals surface area contributed by atoms with Gasteiger partial charge < -0.3 is 9.88 Å². The molecule has 0 unspecified atom stereocenters. The summed E-state index contributed by atoms with van der Waals surface area (Å²) < 4.78 is 0. The lowest BCUT2D eigenvalue weighted by molar-refractivity contribution is 0.101. The molecule has 1 fully saturated rings. The van der Waals surface area contributed by atoms with Gasteiger partial charge in [-0.15, -0.1) is 0 Å². The first-order valence-electron chi connectivity index (χ1n) is 8.01. The molecule has 5 heteroatoms. The zero-order chi connectivity index (χ0) is 16.2. The number of ketones is 1. The highest BCUT2D eigenvalue weighted by molar-refractivity contribution is 5.93. The Balaban J connectivity index is 1.56. The minimum absolute atomic E-state index is 0.0451. The van der Waals surface area contributed by atoms with Crippen molar-refractivity contribution in [2.45, 2.75) is 26.2 Å². The summed E-state index contributed by atoms with van der Waals surface area (Å²) in [6.07, 6.45) is 6.69. The Labute approximate surface area is 135 Å². The number of nitrogens with one attached hydrogen (secondary N) is 1. The van der Waals surface area contributed by atoms with Gasteiger partial charge in [0.05, 0.1) is 0 Å². The van der Waals surface area contributed by atoms with Gasteiger partial charge >= 0.3 is 0 Å². The zero-order valence-corrected chi connectivity index (χ0v) is 13.3. The number of H-pyrrole nitrogens is 1. The van der Waals surface area contributed by atoms with Crippen LogP contribution in [0, 0.1) is 5.92 Å². The third-order valence-electron chi connectivity index (χ3n) is 4.47. The smallest absolute Gasteiger partial charge is 0.247 e. The number of aromatic nitrogens is 2. The fourth-order valence-electron chi connectivity index (χ4n) is 3.05. The lowest BCUT2D eigenvalue weighted by Crippen LogP contribution is -2.34. The number of anilines is 1. The standard InChI is InChI=1S/C18H21N3O2/c1-13(22)16-3-4-17(19-12-16)21-8-6-14(7-9-21)10-15-2-5-18(23)20-11-15/h2-5,11-12,14H,6-10H2,1H3,(H,20,23). The van der Waals surface area contributed by atoms with Crippen molar-refractivity contribution in [2.24, 2.45) is 5.92 Å². The summed E-state index contributed by atoms with van der Waals surface area (Å²) in [5, 5.41) is 0. The highest BCUT2D eigenvalue weighted by Crippen LogP contribution is 2.24. The molecule has 0 amide bonds. The maximum Gasteiger partial charge on any atom is 0.247 e. The number of hydrogen-bond acceptors (Lipinski definition) is 4. The SMILES string of the molecule is CC(=O)c1ccc(N2CCC(Cc3ccc(=O)[nH]c3)CC2)nc1. The Morgan fingerprint density at radius 3 is 2.61 bits per heavy atom. The molecule has 1 saturated heterocycles. The van der Waals surface area contributed by atoms with E-state index in [1.165, 1.54) is 5.56 Å². The van der Waals surface area contributed by atoms with Gasteiger partial charge in [-0.2, -0.15) is 0 Å². The first-order chi connectivity index (χ1) is 11.1. The summed E-state index contributed by atoms with van der Waals surface area (Å²) in [5.74, 6) is 1.62. The molecule has 5 nitrogen and oxygen atoms in total. The number of aromatic amines is 1. The van der Waals surface area contributed by atoms with E-state index in [4.69, 9.17) is 0 Å². The van der Waals surface area contributed by atoms with E-state index in [2.05, 4.69) is 14.9 Å². The molecular weight excluding hydrogens is 290 g/mol. The van der Waals surface area contributed by atoms with Crippen LogP contribution >= 0.6 is 0 Å². The lowest BCUT2D eigenvalue weighted by Gasteiger charge is -2.32. The molecule has 2 aromatic rings. The fraction of sp³-hybridized carbons (Fsp3) is 0.389. The Kier molecular flexibility index (Phi) is 4.55. The van der Waals surface area contributed by atoms with E-state index in [0.717, 1.165) is 38.2 Å². The first kappa shape index (κ1) is 15.5. The number of carbonyl (C=O) groups is 1. The molecule has 3 heterocycles. The van der Waals surface area contributed by atoms with Crippen molar-refractivity contribution < 1.29 is 4.79 Å². The average Bonchev–Trinajstić information content (AvgIpc) is 2.58.